The highest BCUT2D eigenvalue weighted by Crippen LogP contribution is 2.29. The van der Waals surface area contributed by atoms with Crippen LogP contribution in [0.4, 0.5) is 0 Å². The molecule has 0 spiro atoms. The van der Waals surface area contributed by atoms with Gasteiger partial charge in [0.15, 0.2) is 5.75 Å². The van der Waals surface area contributed by atoms with Crippen LogP contribution in [-0.2, 0) is 11.5 Å². The largest absolute Gasteiger partial charge is 0.497 e. The molecular weight excluding hydrogens is 144 g/mol. The molecule has 3 heteroatoms. The Morgan fingerprint density at radius 2 is 2.36 bits per heavy atom. The van der Waals surface area contributed by atoms with Crippen LogP contribution in [0.1, 0.15) is 5.56 Å². The molecule has 0 fully saturated rings. The second-order valence-corrected chi connectivity index (χ2v) is 2.32. The van der Waals surface area contributed by atoms with Crippen LogP contribution in [0.15, 0.2) is 18.2 Å². The van der Waals surface area contributed by atoms with Crippen molar-refractivity contribution in [1.29, 1.82) is 0 Å². The molecule has 1 aromatic carbocycles. The third-order valence-corrected chi connectivity index (χ3v) is 1.63. The average Bonchev–Trinajstić information content (AvgIpc) is 2.50. The number of benzene rings is 1. The van der Waals surface area contributed by atoms with Crippen molar-refractivity contribution in [2.24, 2.45) is 0 Å². The number of ether oxygens (including phenoxy) is 1. The fourth-order valence-electron chi connectivity index (χ4n) is 1.03. The van der Waals surface area contributed by atoms with Crippen molar-refractivity contribution in [2.45, 2.75) is 6.61 Å². The van der Waals surface area contributed by atoms with E-state index in [9.17, 15) is 0 Å². The van der Waals surface area contributed by atoms with Crippen LogP contribution in [-0.4, -0.2) is 7.11 Å². The van der Waals surface area contributed by atoms with E-state index < -0.39 is 0 Å². The number of hydrogen-bond donors (Lipinski definition) is 0. The summed E-state index contributed by atoms with van der Waals surface area (Å²) in [6, 6.07) is 5.58. The minimum atomic E-state index is 0.506. The summed E-state index contributed by atoms with van der Waals surface area (Å²) >= 11 is 0. The first-order valence-corrected chi connectivity index (χ1v) is 3.36. The summed E-state index contributed by atoms with van der Waals surface area (Å²) in [4.78, 5) is 9.60. The molecule has 0 aliphatic carbocycles. The zero-order chi connectivity index (χ0) is 7.68. The SMILES string of the molecule is COc1ccc2c(c1)COO2. The van der Waals surface area contributed by atoms with Crippen LogP contribution in [0, 0.1) is 0 Å². The lowest BCUT2D eigenvalue weighted by Gasteiger charge is -1.99. The Balaban J connectivity index is 2.41. The predicted octanol–water partition coefficient (Wildman–Crippen LogP) is 1.52. The van der Waals surface area contributed by atoms with Crippen molar-refractivity contribution in [3.8, 4) is 11.5 Å². The van der Waals surface area contributed by atoms with Gasteiger partial charge in [-0.25, -0.2) is 0 Å². The number of hydrogen-bond acceptors (Lipinski definition) is 3. The van der Waals surface area contributed by atoms with Gasteiger partial charge in [0.1, 0.15) is 12.4 Å². The summed E-state index contributed by atoms with van der Waals surface area (Å²) in [5.41, 5.74) is 1.03. The quantitative estimate of drug-likeness (QED) is 0.571. The second kappa shape index (κ2) is 2.43. The number of fused-ring (bicyclic) bond motifs is 1. The van der Waals surface area contributed by atoms with E-state index >= 15 is 0 Å². The Bertz CT molecular complexity index is 270. The van der Waals surface area contributed by atoms with Crippen molar-refractivity contribution in [2.75, 3.05) is 7.11 Å². The molecular formula is C8H8O3. The Morgan fingerprint density at radius 1 is 1.45 bits per heavy atom. The van der Waals surface area contributed by atoms with Crippen molar-refractivity contribution in [1.82, 2.24) is 0 Å². The summed E-state index contributed by atoms with van der Waals surface area (Å²) < 4.78 is 5.03. The topological polar surface area (TPSA) is 27.7 Å². The van der Waals surface area contributed by atoms with E-state index in [-0.39, 0.29) is 0 Å². The van der Waals surface area contributed by atoms with Gasteiger partial charge in [-0.3, -0.25) is 0 Å². The van der Waals surface area contributed by atoms with Crippen molar-refractivity contribution < 1.29 is 14.5 Å². The first-order valence-electron chi connectivity index (χ1n) is 3.36. The molecule has 0 saturated carbocycles. The first-order chi connectivity index (χ1) is 5.40. The average molecular weight is 152 g/mol. The van der Waals surface area contributed by atoms with E-state index in [1.54, 1.807) is 7.11 Å². The van der Waals surface area contributed by atoms with E-state index in [4.69, 9.17) is 14.5 Å². The molecule has 0 unspecified atom stereocenters. The van der Waals surface area contributed by atoms with Crippen LogP contribution in [0.2, 0.25) is 0 Å². The summed E-state index contributed by atoms with van der Waals surface area (Å²) in [5.74, 6) is 1.61. The molecule has 0 aromatic heterocycles. The zero-order valence-corrected chi connectivity index (χ0v) is 6.16. The molecule has 0 atom stereocenters. The standard InChI is InChI=1S/C8H8O3/c1-9-7-2-3-8-6(4-7)5-10-11-8/h2-4H,5H2,1H3. The summed E-state index contributed by atoms with van der Waals surface area (Å²) in [7, 11) is 1.64. The fraction of sp³-hybridized carbons (Fsp3) is 0.250. The molecule has 0 amide bonds. The van der Waals surface area contributed by atoms with E-state index in [1.165, 1.54) is 0 Å². The van der Waals surface area contributed by atoms with Gasteiger partial charge >= 0.3 is 0 Å². The monoisotopic (exact) mass is 152 g/mol. The highest BCUT2D eigenvalue weighted by atomic mass is 17.2. The minimum absolute atomic E-state index is 0.506. The third-order valence-electron chi connectivity index (χ3n) is 1.63. The van der Waals surface area contributed by atoms with E-state index in [2.05, 4.69) is 0 Å². The van der Waals surface area contributed by atoms with Gasteiger partial charge in [0, 0.05) is 5.56 Å². The van der Waals surface area contributed by atoms with Crippen molar-refractivity contribution in [3.63, 3.8) is 0 Å². The maximum Gasteiger partial charge on any atom is 0.171 e. The second-order valence-electron chi connectivity index (χ2n) is 2.32. The highest BCUT2D eigenvalue weighted by Gasteiger charge is 2.13. The molecule has 0 radical (unpaired) electrons. The smallest absolute Gasteiger partial charge is 0.171 e. The molecule has 2 rings (SSSR count). The Labute approximate surface area is 64.4 Å². The van der Waals surface area contributed by atoms with Gasteiger partial charge < -0.3 is 9.62 Å². The molecule has 0 saturated heterocycles. The zero-order valence-electron chi connectivity index (χ0n) is 6.16. The molecule has 0 bridgehead atoms. The van der Waals surface area contributed by atoms with Crippen molar-refractivity contribution >= 4 is 0 Å². The first kappa shape index (κ1) is 6.49. The van der Waals surface area contributed by atoms with Gasteiger partial charge in [0.2, 0.25) is 0 Å². The Hall–Kier alpha value is -1.22. The van der Waals surface area contributed by atoms with E-state index in [0.29, 0.717) is 6.61 Å². The molecule has 58 valence electrons. The van der Waals surface area contributed by atoms with Gasteiger partial charge in [-0.15, -0.1) is 0 Å². The maximum absolute atomic E-state index is 5.03. The van der Waals surface area contributed by atoms with Gasteiger partial charge in [-0.2, -0.15) is 4.89 Å². The van der Waals surface area contributed by atoms with E-state index in [0.717, 1.165) is 17.1 Å². The minimum Gasteiger partial charge on any atom is -0.497 e. The lowest BCUT2D eigenvalue weighted by molar-refractivity contribution is -0.194. The Morgan fingerprint density at radius 3 is 3.18 bits per heavy atom. The van der Waals surface area contributed by atoms with Crippen LogP contribution < -0.4 is 9.62 Å². The number of rotatable bonds is 1. The lowest BCUT2D eigenvalue weighted by atomic mass is 10.2. The predicted molar refractivity (Wildman–Crippen MR) is 38.4 cm³/mol. The molecule has 1 aromatic rings. The molecule has 0 N–H and O–H groups in total. The van der Waals surface area contributed by atoms with Gasteiger partial charge in [-0.05, 0) is 18.2 Å². The summed E-state index contributed by atoms with van der Waals surface area (Å²) in [6.07, 6.45) is 0. The Kier molecular flexibility index (Phi) is 1.43. The highest BCUT2D eigenvalue weighted by molar-refractivity contribution is 5.40. The van der Waals surface area contributed by atoms with Crippen LogP contribution in [0.5, 0.6) is 11.5 Å². The summed E-state index contributed by atoms with van der Waals surface area (Å²) in [6.45, 7) is 0.506. The number of methoxy groups -OCH3 is 1. The molecule has 3 nitrogen and oxygen atoms in total. The van der Waals surface area contributed by atoms with E-state index in [1.807, 2.05) is 18.2 Å². The van der Waals surface area contributed by atoms with Crippen LogP contribution >= 0.6 is 0 Å². The van der Waals surface area contributed by atoms with Crippen LogP contribution in [0.25, 0.3) is 0 Å². The fourth-order valence-corrected chi connectivity index (χ4v) is 1.03. The van der Waals surface area contributed by atoms with Gasteiger partial charge in [0.05, 0.1) is 7.11 Å². The molecule has 11 heavy (non-hydrogen) atoms. The maximum atomic E-state index is 5.03. The third kappa shape index (κ3) is 1.03. The van der Waals surface area contributed by atoms with Gasteiger partial charge in [-0.1, -0.05) is 0 Å². The summed E-state index contributed by atoms with van der Waals surface area (Å²) in [5, 5.41) is 0. The molecule has 1 aliphatic rings. The van der Waals surface area contributed by atoms with Crippen LogP contribution in [0.3, 0.4) is 0 Å². The van der Waals surface area contributed by atoms with Gasteiger partial charge in [0.25, 0.3) is 0 Å². The normalized spacial score (nSPS) is 13.9. The lowest BCUT2D eigenvalue weighted by Crippen LogP contribution is -1.83. The molecule has 1 heterocycles. The molecule has 1 aliphatic heterocycles. The van der Waals surface area contributed by atoms with Crippen molar-refractivity contribution in [3.05, 3.63) is 23.8 Å².